The van der Waals surface area contributed by atoms with Crippen LogP contribution in [-0.4, -0.2) is 36.1 Å². The number of carbonyl (C=O) groups excluding carboxylic acids is 2. The zero-order chi connectivity index (χ0) is 14.7. The van der Waals surface area contributed by atoms with Crippen molar-refractivity contribution < 1.29 is 14.3 Å². The lowest BCUT2D eigenvalue weighted by atomic mass is 10.1. The van der Waals surface area contributed by atoms with E-state index in [1.54, 1.807) is 17.0 Å². The Balaban J connectivity index is 1.96. The fourth-order valence-electron chi connectivity index (χ4n) is 2.41. The van der Waals surface area contributed by atoms with E-state index in [1.807, 2.05) is 13.0 Å². The van der Waals surface area contributed by atoms with E-state index in [4.69, 9.17) is 10.5 Å². The van der Waals surface area contributed by atoms with Crippen LogP contribution in [0, 0.1) is 6.92 Å². The summed E-state index contributed by atoms with van der Waals surface area (Å²) < 4.78 is 6.13. The zero-order valence-electron chi connectivity index (χ0n) is 11.3. The Kier molecular flexibility index (Phi) is 4.65. The maximum absolute atomic E-state index is 12.0. The van der Waals surface area contributed by atoms with Gasteiger partial charge in [-0.15, -0.1) is 0 Å². The predicted molar refractivity (Wildman–Crippen MR) is 78.5 cm³/mol. The van der Waals surface area contributed by atoms with Gasteiger partial charge in [0.1, 0.15) is 6.61 Å². The largest absolute Gasteiger partial charge is 0.460 e. The molecule has 0 aliphatic carbocycles. The molecule has 0 aromatic heterocycles. The van der Waals surface area contributed by atoms with Crippen molar-refractivity contribution in [2.24, 2.45) is 5.73 Å². The molecule has 1 aliphatic heterocycles. The summed E-state index contributed by atoms with van der Waals surface area (Å²) in [6.07, 6.45) is 1.70. The van der Waals surface area contributed by atoms with Gasteiger partial charge in [0.15, 0.2) is 0 Å². The summed E-state index contributed by atoms with van der Waals surface area (Å²) in [5.41, 5.74) is 6.76. The van der Waals surface area contributed by atoms with Crippen molar-refractivity contribution in [1.29, 1.82) is 0 Å². The SMILES string of the molecule is Cc1cc(Br)cc(C(=O)OCC2CCCN2C(N)=O)c1. The first-order valence-corrected chi connectivity index (χ1v) is 7.27. The Labute approximate surface area is 126 Å². The summed E-state index contributed by atoms with van der Waals surface area (Å²) in [6.45, 7) is 2.73. The first-order valence-electron chi connectivity index (χ1n) is 6.48. The van der Waals surface area contributed by atoms with Gasteiger partial charge in [0, 0.05) is 11.0 Å². The monoisotopic (exact) mass is 340 g/mol. The summed E-state index contributed by atoms with van der Waals surface area (Å²) >= 11 is 3.35. The number of carbonyl (C=O) groups is 2. The molecule has 1 saturated heterocycles. The molecule has 1 aromatic carbocycles. The molecule has 1 fully saturated rings. The summed E-state index contributed by atoms with van der Waals surface area (Å²) in [5.74, 6) is -0.384. The Hall–Kier alpha value is -1.56. The second-order valence-corrected chi connectivity index (χ2v) is 5.86. The number of aryl methyl sites for hydroxylation is 1. The van der Waals surface area contributed by atoms with Crippen molar-refractivity contribution >= 4 is 27.9 Å². The number of likely N-dealkylation sites (tertiary alicyclic amines) is 1. The first kappa shape index (κ1) is 14.8. The van der Waals surface area contributed by atoms with Gasteiger partial charge in [0.05, 0.1) is 11.6 Å². The third-order valence-electron chi connectivity index (χ3n) is 3.34. The molecule has 2 amide bonds. The van der Waals surface area contributed by atoms with Crippen LogP contribution in [-0.2, 0) is 4.74 Å². The minimum Gasteiger partial charge on any atom is -0.460 e. The number of rotatable bonds is 3. The minimum absolute atomic E-state index is 0.107. The maximum Gasteiger partial charge on any atom is 0.338 e. The maximum atomic E-state index is 12.0. The van der Waals surface area contributed by atoms with Gasteiger partial charge in [0.25, 0.3) is 0 Å². The number of hydrogen-bond donors (Lipinski definition) is 1. The Bertz CT molecular complexity index is 513. The molecule has 2 rings (SSSR count). The number of benzene rings is 1. The Morgan fingerprint density at radius 1 is 1.45 bits per heavy atom. The fourth-order valence-corrected chi connectivity index (χ4v) is 3.02. The second-order valence-electron chi connectivity index (χ2n) is 4.94. The summed E-state index contributed by atoms with van der Waals surface area (Å²) in [7, 11) is 0. The number of primary amides is 1. The highest BCUT2D eigenvalue weighted by atomic mass is 79.9. The molecule has 1 unspecified atom stereocenters. The van der Waals surface area contributed by atoms with Gasteiger partial charge in [0.2, 0.25) is 0 Å². The van der Waals surface area contributed by atoms with Crippen LogP contribution in [0.3, 0.4) is 0 Å². The number of urea groups is 1. The van der Waals surface area contributed by atoms with Crippen molar-refractivity contribution in [1.82, 2.24) is 4.90 Å². The van der Waals surface area contributed by atoms with E-state index < -0.39 is 6.03 Å². The van der Waals surface area contributed by atoms with Gasteiger partial charge in [-0.2, -0.15) is 0 Å². The zero-order valence-corrected chi connectivity index (χ0v) is 12.9. The van der Waals surface area contributed by atoms with Gasteiger partial charge in [-0.25, -0.2) is 9.59 Å². The van der Waals surface area contributed by atoms with Crippen LogP contribution in [0.1, 0.15) is 28.8 Å². The summed E-state index contributed by atoms with van der Waals surface area (Å²) in [5, 5.41) is 0. The standard InChI is InChI=1S/C14H17BrN2O3/c1-9-5-10(7-11(15)6-9)13(18)20-8-12-3-2-4-17(12)14(16)19/h5-7,12H,2-4,8H2,1H3,(H2,16,19). The fraction of sp³-hybridized carbons (Fsp3) is 0.429. The van der Waals surface area contributed by atoms with Crippen LogP contribution >= 0.6 is 15.9 Å². The van der Waals surface area contributed by atoms with Crippen molar-refractivity contribution in [3.05, 3.63) is 33.8 Å². The summed E-state index contributed by atoms with van der Waals surface area (Å²) in [6, 6.07) is 4.85. The molecule has 5 nitrogen and oxygen atoms in total. The molecule has 0 radical (unpaired) electrons. The van der Waals surface area contributed by atoms with E-state index in [-0.39, 0.29) is 18.6 Å². The minimum atomic E-state index is -0.457. The van der Waals surface area contributed by atoms with Crippen LogP contribution in [0.4, 0.5) is 4.79 Å². The number of nitrogens with two attached hydrogens (primary N) is 1. The molecule has 0 bridgehead atoms. The molecule has 108 valence electrons. The quantitative estimate of drug-likeness (QED) is 0.859. The van der Waals surface area contributed by atoms with E-state index in [2.05, 4.69) is 15.9 Å². The Morgan fingerprint density at radius 3 is 2.85 bits per heavy atom. The van der Waals surface area contributed by atoms with E-state index in [1.165, 1.54) is 0 Å². The number of ether oxygens (including phenoxy) is 1. The highest BCUT2D eigenvalue weighted by Gasteiger charge is 2.28. The molecule has 20 heavy (non-hydrogen) atoms. The third kappa shape index (κ3) is 3.50. The lowest BCUT2D eigenvalue weighted by Crippen LogP contribution is -2.41. The highest BCUT2D eigenvalue weighted by Crippen LogP contribution is 2.19. The number of hydrogen-bond acceptors (Lipinski definition) is 3. The number of esters is 1. The van der Waals surface area contributed by atoms with E-state index in [9.17, 15) is 9.59 Å². The lowest BCUT2D eigenvalue weighted by molar-refractivity contribution is 0.0422. The third-order valence-corrected chi connectivity index (χ3v) is 3.80. The average Bonchev–Trinajstić information content (AvgIpc) is 2.83. The second kappa shape index (κ2) is 6.26. The van der Waals surface area contributed by atoms with Crippen LogP contribution < -0.4 is 5.73 Å². The molecule has 2 N–H and O–H groups in total. The molecule has 1 aromatic rings. The Morgan fingerprint density at radius 2 is 2.20 bits per heavy atom. The summed E-state index contributed by atoms with van der Waals surface area (Å²) in [4.78, 5) is 24.8. The molecule has 1 aliphatic rings. The van der Waals surface area contributed by atoms with Gasteiger partial charge >= 0.3 is 12.0 Å². The van der Waals surface area contributed by atoms with Crippen LogP contribution in [0.2, 0.25) is 0 Å². The van der Waals surface area contributed by atoms with E-state index >= 15 is 0 Å². The molecular formula is C14H17BrN2O3. The van der Waals surface area contributed by atoms with Gasteiger partial charge in [-0.3, -0.25) is 0 Å². The van der Waals surface area contributed by atoms with E-state index in [0.717, 1.165) is 22.9 Å². The molecular weight excluding hydrogens is 324 g/mol. The van der Waals surface area contributed by atoms with E-state index in [0.29, 0.717) is 12.1 Å². The van der Waals surface area contributed by atoms with Crippen molar-refractivity contribution in [2.45, 2.75) is 25.8 Å². The molecule has 1 atom stereocenters. The normalized spacial score (nSPS) is 18.1. The highest BCUT2D eigenvalue weighted by molar-refractivity contribution is 9.10. The van der Waals surface area contributed by atoms with Crippen molar-refractivity contribution in [3.63, 3.8) is 0 Å². The van der Waals surface area contributed by atoms with Gasteiger partial charge in [-0.05, 0) is 43.5 Å². The van der Waals surface area contributed by atoms with Crippen molar-refractivity contribution in [2.75, 3.05) is 13.2 Å². The van der Waals surface area contributed by atoms with Crippen LogP contribution in [0.5, 0.6) is 0 Å². The topological polar surface area (TPSA) is 72.6 Å². The van der Waals surface area contributed by atoms with Crippen LogP contribution in [0.25, 0.3) is 0 Å². The average molecular weight is 341 g/mol. The number of nitrogens with zero attached hydrogens (tertiary/aromatic N) is 1. The van der Waals surface area contributed by atoms with Crippen LogP contribution in [0.15, 0.2) is 22.7 Å². The predicted octanol–water partition coefficient (Wildman–Crippen LogP) is 2.46. The molecule has 1 heterocycles. The van der Waals surface area contributed by atoms with Gasteiger partial charge in [-0.1, -0.05) is 15.9 Å². The van der Waals surface area contributed by atoms with Crippen molar-refractivity contribution in [3.8, 4) is 0 Å². The molecule has 0 spiro atoms. The first-order chi connectivity index (χ1) is 9.47. The smallest absolute Gasteiger partial charge is 0.338 e. The molecule has 0 saturated carbocycles. The number of amides is 2. The lowest BCUT2D eigenvalue weighted by Gasteiger charge is -2.22. The molecule has 6 heteroatoms. The number of halogens is 1. The van der Waals surface area contributed by atoms with Gasteiger partial charge < -0.3 is 15.4 Å².